The second kappa shape index (κ2) is 10.5. The van der Waals surface area contributed by atoms with Gasteiger partial charge in [0.15, 0.2) is 5.96 Å². The number of likely N-dealkylation sites (tertiary alicyclic amines) is 1. The van der Waals surface area contributed by atoms with Crippen LogP contribution in [0.25, 0.3) is 0 Å². The number of nitrogens with zero attached hydrogens (tertiary/aromatic N) is 2. The Kier molecular flexibility index (Phi) is 9.02. The summed E-state index contributed by atoms with van der Waals surface area (Å²) in [5.74, 6) is 0.642. The lowest BCUT2D eigenvalue weighted by Crippen LogP contribution is -2.45. The Hall–Kier alpha value is -1.38. The van der Waals surface area contributed by atoms with Gasteiger partial charge in [-0.05, 0) is 31.0 Å². The second-order valence-electron chi connectivity index (χ2n) is 5.65. The highest BCUT2D eigenvalue weighted by Crippen LogP contribution is 2.10. The van der Waals surface area contributed by atoms with Crippen LogP contribution in [-0.2, 0) is 11.3 Å². The lowest BCUT2D eigenvalue weighted by Gasteiger charge is -2.18. The number of carbonyl (C=O) groups excluding carboxylic acids is 1. The van der Waals surface area contributed by atoms with Crippen LogP contribution in [0.2, 0.25) is 0 Å². The Bertz CT molecular complexity index is 567. The Balaban J connectivity index is 0.00000288. The van der Waals surface area contributed by atoms with Crippen molar-refractivity contribution in [2.75, 3.05) is 19.6 Å². The summed E-state index contributed by atoms with van der Waals surface area (Å²) in [6.07, 6.45) is 1.45. The van der Waals surface area contributed by atoms with E-state index in [-0.39, 0.29) is 41.7 Å². The first-order valence-electron chi connectivity index (χ1n) is 8.19. The number of rotatable bonds is 5. The fraction of sp³-hybridized carbons (Fsp3) is 0.529. The molecule has 24 heavy (non-hydrogen) atoms. The number of aliphatic imine (C=N–C) groups is 1. The highest BCUT2D eigenvalue weighted by Gasteiger charge is 2.25. The summed E-state index contributed by atoms with van der Waals surface area (Å²) in [5, 5.41) is 6.56. The van der Waals surface area contributed by atoms with Crippen molar-refractivity contribution in [3.63, 3.8) is 0 Å². The predicted molar refractivity (Wildman–Crippen MR) is 105 cm³/mol. The van der Waals surface area contributed by atoms with E-state index in [4.69, 9.17) is 0 Å². The van der Waals surface area contributed by atoms with Crippen LogP contribution in [-0.4, -0.2) is 42.4 Å². The van der Waals surface area contributed by atoms with Crippen LogP contribution < -0.4 is 10.6 Å². The standard InChI is InChI=1S/C17H25FN4O.HI/c1-3-16(23)22-9-8-15(12-22)21-17(19-4-2)20-11-13-6-5-7-14(18)10-13;/h5-7,10,15H,3-4,8-9,11-12H2,1-2H3,(H2,19,20,21);1H. The van der Waals surface area contributed by atoms with Crippen molar-refractivity contribution in [1.29, 1.82) is 0 Å². The van der Waals surface area contributed by atoms with E-state index in [0.717, 1.165) is 25.1 Å². The molecule has 2 rings (SSSR count). The molecule has 0 spiro atoms. The van der Waals surface area contributed by atoms with Crippen molar-refractivity contribution in [2.45, 2.75) is 39.3 Å². The summed E-state index contributed by atoms with van der Waals surface area (Å²) in [4.78, 5) is 18.1. The minimum atomic E-state index is -0.250. The number of halogens is 2. The summed E-state index contributed by atoms with van der Waals surface area (Å²) < 4.78 is 13.2. The smallest absolute Gasteiger partial charge is 0.222 e. The zero-order valence-electron chi connectivity index (χ0n) is 14.2. The average molecular weight is 448 g/mol. The summed E-state index contributed by atoms with van der Waals surface area (Å²) in [6.45, 7) is 6.54. The van der Waals surface area contributed by atoms with E-state index >= 15 is 0 Å². The molecular formula is C17H26FIN4O. The fourth-order valence-electron chi connectivity index (χ4n) is 2.65. The molecule has 134 valence electrons. The zero-order chi connectivity index (χ0) is 16.7. The molecule has 1 fully saturated rings. The second-order valence-corrected chi connectivity index (χ2v) is 5.65. The Morgan fingerprint density at radius 2 is 2.21 bits per heavy atom. The third-order valence-electron chi connectivity index (χ3n) is 3.84. The maximum absolute atomic E-state index is 13.2. The van der Waals surface area contributed by atoms with Gasteiger partial charge in [0, 0.05) is 32.1 Å². The van der Waals surface area contributed by atoms with E-state index < -0.39 is 0 Å². The van der Waals surface area contributed by atoms with Crippen molar-refractivity contribution in [2.24, 2.45) is 4.99 Å². The highest BCUT2D eigenvalue weighted by atomic mass is 127. The minimum absolute atomic E-state index is 0. The number of nitrogens with one attached hydrogen (secondary N) is 2. The first-order valence-corrected chi connectivity index (χ1v) is 8.19. The van der Waals surface area contributed by atoms with Crippen molar-refractivity contribution < 1.29 is 9.18 Å². The molecule has 7 heteroatoms. The molecule has 1 saturated heterocycles. The van der Waals surface area contributed by atoms with Gasteiger partial charge in [-0.15, -0.1) is 24.0 Å². The number of hydrogen-bond acceptors (Lipinski definition) is 2. The van der Waals surface area contributed by atoms with E-state index in [9.17, 15) is 9.18 Å². The van der Waals surface area contributed by atoms with Crippen LogP contribution >= 0.6 is 24.0 Å². The fourth-order valence-corrected chi connectivity index (χ4v) is 2.65. The molecule has 0 aromatic heterocycles. The van der Waals surface area contributed by atoms with Gasteiger partial charge in [-0.25, -0.2) is 9.38 Å². The van der Waals surface area contributed by atoms with Gasteiger partial charge in [-0.2, -0.15) is 0 Å². The molecular weight excluding hydrogens is 422 g/mol. The van der Waals surface area contributed by atoms with Gasteiger partial charge in [-0.3, -0.25) is 4.79 Å². The van der Waals surface area contributed by atoms with Gasteiger partial charge < -0.3 is 15.5 Å². The maximum atomic E-state index is 13.2. The Morgan fingerprint density at radius 1 is 1.42 bits per heavy atom. The van der Waals surface area contributed by atoms with Gasteiger partial charge in [0.25, 0.3) is 0 Å². The minimum Gasteiger partial charge on any atom is -0.357 e. The molecule has 0 radical (unpaired) electrons. The maximum Gasteiger partial charge on any atom is 0.222 e. The van der Waals surface area contributed by atoms with Crippen LogP contribution in [0.3, 0.4) is 0 Å². The molecule has 0 saturated carbocycles. The molecule has 1 heterocycles. The summed E-state index contributed by atoms with van der Waals surface area (Å²) in [5.41, 5.74) is 0.830. The van der Waals surface area contributed by atoms with E-state index in [1.807, 2.05) is 24.8 Å². The van der Waals surface area contributed by atoms with Gasteiger partial charge in [0.2, 0.25) is 5.91 Å². The lowest BCUT2D eigenvalue weighted by atomic mass is 10.2. The van der Waals surface area contributed by atoms with Crippen molar-refractivity contribution in [1.82, 2.24) is 15.5 Å². The molecule has 1 aromatic carbocycles. The summed E-state index contributed by atoms with van der Waals surface area (Å²) in [6, 6.07) is 6.66. The van der Waals surface area contributed by atoms with Crippen LogP contribution in [0.4, 0.5) is 4.39 Å². The van der Waals surface area contributed by atoms with Crippen LogP contribution in [0.5, 0.6) is 0 Å². The van der Waals surface area contributed by atoms with Gasteiger partial charge in [0.1, 0.15) is 5.82 Å². The van der Waals surface area contributed by atoms with Crippen LogP contribution in [0.15, 0.2) is 29.3 Å². The number of guanidine groups is 1. The molecule has 0 bridgehead atoms. The van der Waals surface area contributed by atoms with E-state index in [2.05, 4.69) is 15.6 Å². The molecule has 1 aromatic rings. The van der Waals surface area contributed by atoms with Crippen LogP contribution in [0, 0.1) is 5.82 Å². The molecule has 2 N–H and O–H groups in total. The number of hydrogen-bond donors (Lipinski definition) is 2. The number of carbonyl (C=O) groups is 1. The van der Waals surface area contributed by atoms with Gasteiger partial charge in [-0.1, -0.05) is 19.1 Å². The monoisotopic (exact) mass is 448 g/mol. The first kappa shape index (κ1) is 20.7. The summed E-state index contributed by atoms with van der Waals surface area (Å²) >= 11 is 0. The molecule has 1 atom stereocenters. The van der Waals surface area contributed by atoms with E-state index in [1.54, 1.807) is 6.07 Å². The Labute approximate surface area is 160 Å². The zero-order valence-corrected chi connectivity index (χ0v) is 16.5. The molecule has 1 aliphatic rings. The first-order chi connectivity index (χ1) is 11.1. The third kappa shape index (κ3) is 6.26. The van der Waals surface area contributed by atoms with Crippen molar-refractivity contribution in [3.8, 4) is 0 Å². The van der Waals surface area contributed by atoms with Crippen molar-refractivity contribution >= 4 is 35.8 Å². The van der Waals surface area contributed by atoms with Gasteiger partial charge in [0.05, 0.1) is 6.54 Å². The molecule has 0 aliphatic carbocycles. The van der Waals surface area contributed by atoms with Crippen LogP contribution in [0.1, 0.15) is 32.3 Å². The molecule has 1 aliphatic heterocycles. The van der Waals surface area contributed by atoms with Gasteiger partial charge >= 0.3 is 0 Å². The molecule has 1 unspecified atom stereocenters. The topological polar surface area (TPSA) is 56.7 Å². The highest BCUT2D eigenvalue weighted by molar-refractivity contribution is 14.0. The average Bonchev–Trinajstić information content (AvgIpc) is 3.01. The Morgan fingerprint density at radius 3 is 2.88 bits per heavy atom. The number of amides is 1. The van der Waals surface area contributed by atoms with E-state index in [0.29, 0.717) is 25.5 Å². The quantitative estimate of drug-likeness (QED) is 0.414. The summed E-state index contributed by atoms with van der Waals surface area (Å²) in [7, 11) is 0. The SMILES string of the molecule is CCNC(=NCc1cccc(F)c1)NC1CCN(C(=O)CC)C1.I. The normalized spacial score (nSPS) is 17.4. The lowest BCUT2D eigenvalue weighted by molar-refractivity contribution is -0.129. The third-order valence-corrected chi connectivity index (χ3v) is 3.84. The predicted octanol–water partition coefficient (Wildman–Crippen LogP) is 2.51. The van der Waals surface area contributed by atoms with E-state index in [1.165, 1.54) is 12.1 Å². The molecule has 1 amide bonds. The van der Waals surface area contributed by atoms with Crippen molar-refractivity contribution in [3.05, 3.63) is 35.6 Å². The number of benzene rings is 1. The molecule has 5 nitrogen and oxygen atoms in total. The largest absolute Gasteiger partial charge is 0.357 e.